The Labute approximate surface area is 123 Å². The Bertz CT molecular complexity index is 335. The highest BCUT2D eigenvalue weighted by Gasteiger charge is 2.37. The maximum atomic E-state index is 9.60. The normalized spacial score (nSPS) is 34.3. The first-order valence-corrected chi connectivity index (χ1v) is 8.17. The van der Waals surface area contributed by atoms with Gasteiger partial charge in [-0.3, -0.25) is 5.32 Å². The van der Waals surface area contributed by atoms with Crippen LogP contribution in [0.2, 0.25) is 0 Å². The second kappa shape index (κ2) is 7.40. The molecule has 0 aromatic rings. The van der Waals surface area contributed by atoms with E-state index < -0.39 is 0 Å². The van der Waals surface area contributed by atoms with Gasteiger partial charge in [0.25, 0.3) is 0 Å². The van der Waals surface area contributed by atoms with Crippen molar-refractivity contribution in [3.63, 3.8) is 0 Å². The molecule has 0 radical (unpaired) electrons. The summed E-state index contributed by atoms with van der Waals surface area (Å²) in [5.41, 5.74) is -0.302. The van der Waals surface area contributed by atoms with E-state index in [1.54, 1.807) is 0 Å². The Morgan fingerprint density at radius 1 is 1.40 bits per heavy atom. The highest BCUT2D eigenvalue weighted by atomic mass is 16.5. The van der Waals surface area contributed by atoms with Crippen LogP contribution >= 0.6 is 0 Å². The fourth-order valence-electron chi connectivity index (χ4n) is 3.55. The summed E-state index contributed by atoms with van der Waals surface area (Å²) in [5, 5.41) is 13.1. The second-order valence-corrected chi connectivity index (χ2v) is 6.45. The van der Waals surface area contributed by atoms with Crippen LogP contribution in [0.4, 0.5) is 0 Å². The number of rotatable bonds is 6. The van der Waals surface area contributed by atoms with Gasteiger partial charge in [0.05, 0.1) is 12.2 Å². The Kier molecular flexibility index (Phi) is 5.83. The van der Waals surface area contributed by atoms with Gasteiger partial charge in [0, 0.05) is 19.2 Å². The number of nitrogens with zero attached hydrogens (tertiary/aromatic N) is 2. The molecule has 3 atom stereocenters. The molecule has 1 aliphatic heterocycles. The van der Waals surface area contributed by atoms with Gasteiger partial charge in [-0.2, -0.15) is 5.26 Å². The molecule has 0 aromatic heterocycles. The highest BCUT2D eigenvalue weighted by Crippen LogP contribution is 2.31. The summed E-state index contributed by atoms with van der Waals surface area (Å²) >= 11 is 0. The van der Waals surface area contributed by atoms with Gasteiger partial charge in [0.15, 0.2) is 0 Å². The van der Waals surface area contributed by atoms with Crippen LogP contribution < -0.4 is 5.32 Å². The summed E-state index contributed by atoms with van der Waals surface area (Å²) in [6, 6.07) is 3.07. The molecule has 20 heavy (non-hydrogen) atoms. The van der Waals surface area contributed by atoms with E-state index in [-0.39, 0.29) is 5.54 Å². The lowest BCUT2D eigenvalue weighted by atomic mass is 9.79. The molecule has 2 rings (SSSR count). The monoisotopic (exact) mass is 279 g/mol. The fraction of sp³-hybridized carbons (Fsp3) is 0.938. The van der Waals surface area contributed by atoms with Crippen molar-refractivity contribution in [2.75, 3.05) is 26.7 Å². The van der Waals surface area contributed by atoms with E-state index in [0.717, 1.165) is 45.4 Å². The molecule has 4 nitrogen and oxygen atoms in total. The van der Waals surface area contributed by atoms with Crippen LogP contribution in [-0.4, -0.2) is 49.3 Å². The summed E-state index contributed by atoms with van der Waals surface area (Å²) in [6.07, 6.45) is 8.17. The Morgan fingerprint density at radius 2 is 2.25 bits per heavy atom. The van der Waals surface area contributed by atoms with E-state index in [4.69, 9.17) is 4.74 Å². The molecule has 0 amide bonds. The number of hydrogen-bond donors (Lipinski definition) is 1. The van der Waals surface area contributed by atoms with E-state index >= 15 is 0 Å². The molecule has 2 aliphatic rings. The second-order valence-electron chi connectivity index (χ2n) is 6.45. The van der Waals surface area contributed by atoms with Gasteiger partial charge >= 0.3 is 0 Å². The zero-order valence-electron chi connectivity index (χ0n) is 13.0. The number of hydrogen-bond acceptors (Lipinski definition) is 4. The highest BCUT2D eigenvalue weighted by molar-refractivity contribution is 5.11. The topological polar surface area (TPSA) is 48.3 Å². The van der Waals surface area contributed by atoms with Gasteiger partial charge in [-0.05, 0) is 58.5 Å². The van der Waals surface area contributed by atoms with E-state index in [1.165, 1.54) is 19.3 Å². The first kappa shape index (κ1) is 15.8. The smallest absolute Gasteiger partial charge is 0.108 e. The molecule has 1 N–H and O–H groups in total. The molecule has 1 saturated heterocycles. The van der Waals surface area contributed by atoms with E-state index in [2.05, 4.69) is 30.3 Å². The van der Waals surface area contributed by atoms with Gasteiger partial charge in [-0.1, -0.05) is 6.92 Å². The lowest BCUT2D eigenvalue weighted by Gasteiger charge is -2.41. The van der Waals surface area contributed by atoms with Crippen molar-refractivity contribution >= 4 is 0 Å². The summed E-state index contributed by atoms with van der Waals surface area (Å²) < 4.78 is 5.74. The molecular formula is C16H29N3O. The SMILES string of the molecule is CCCNC1(C#N)CCCC(N(C)CC2CCCO2)C1. The van der Waals surface area contributed by atoms with Crippen molar-refractivity contribution in [3.8, 4) is 6.07 Å². The van der Waals surface area contributed by atoms with Gasteiger partial charge in [-0.15, -0.1) is 0 Å². The van der Waals surface area contributed by atoms with Crippen molar-refractivity contribution in [2.24, 2.45) is 0 Å². The van der Waals surface area contributed by atoms with E-state index in [1.807, 2.05) is 0 Å². The lowest BCUT2D eigenvalue weighted by Crippen LogP contribution is -2.53. The van der Waals surface area contributed by atoms with Crippen LogP contribution in [-0.2, 0) is 4.74 Å². The summed E-state index contributed by atoms with van der Waals surface area (Å²) in [5.74, 6) is 0. The van der Waals surface area contributed by atoms with Crippen LogP contribution in [0.25, 0.3) is 0 Å². The number of nitriles is 1. The Balaban J connectivity index is 1.89. The molecule has 1 saturated carbocycles. The lowest BCUT2D eigenvalue weighted by molar-refractivity contribution is 0.0532. The van der Waals surface area contributed by atoms with Crippen LogP contribution in [0.15, 0.2) is 0 Å². The van der Waals surface area contributed by atoms with Crippen molar-refractivity contribution in [1.29, 1.82) is 5.26 Å². The Morgan fingerprint density at radius 3 is 2.90 bits per heavy atom. The molecule has 1 aliphatic carbocycles. The maximum absolute atomic E-state index is 9.60. The quantitative estimate of drug-likeness (QED) is 0.810. The summed E-state index contributed by atoms with van der Waals surface area (Å²) in [7, 11) is 2.19. The molecule has 1 heterocycles. The predicted octanol–water partition coefficient (Wildman–Crippen LogP) is 2.30. The van der Waals surface area contributed by atoms with Crippen LogP contribution in [0.1, 0.15) is 51.9 Å². The average molecular weight is 279 g/mol. The van der Waals surface area contributed by atoms with Crippen molar-refractivity contribution in [1.82, 2.24) is 10.2 Å². The maximum Gasteiger partial charge on any atom is 0.108 e. The number of ether oxygens (including phenoxy) is 1. The van der Waals surface area contributed by atoms with Crippen molar-refractivity contribution < 1.29 is 4.74 Å². The molecule has 4 heteroatoms. The minimum absolute atomic E-state index is 0.302. The number of likely N-dealkylation sites (N-methyl/N-ethyl adjacent to an activating group) is 1. The summed E-state index contributed by atoms with van der Waals surface area (Å²) in [4.78, 5) is 2.43. The van der Waals surface area contributed by atoms with Crippen molar-refractivity contribution in [3.05, 3.63) is 0 Å². The standard InChI is InChI=1S/C16H29N3O/c1-3-9-18-16(13-17)8-4-6-14(11-16)19(2)12-15-7-5-10-20-15/h14-15,18H,3-12H2,1-2H3. The third-order valence-corrected chi connectivity index (χ3v) is 4.79. The molecule has 0 bridgehead atoms. The zero-order chi connectivity index (χ0) is 14.4. The fourth-order valence-corrected chi connectivity index (χ4v) is 3.55. The van der Waals surface area contributed by atoms with Crippen molar-refractivity contribution in [2.45, 2.75) is 69.6 Å². The third kappa shape index (κ3) is 3.94. The third-order valence-electron chi connectivity index (χ3n) is 4.79. The van der Waals surface area contributed by atoms with Gasteiger partial charge in [0.2, 0.25) is 0 Å². The van der Waals surface area contributed by atoms with E-state index in [9.17, 15) is 5.26 Å². The van der Waals surface area contributed by atoms with E-state index in [0.29, 0.717) is 12.1 Å². The Hall–Kier alpha value is -0.630. The molecule has 0 aromatic carbocycles. The zero-order valence-corrected chi connectivity index (χ0v) is 13.0. The van der Waals surface area contributed by atoms with Crippen LogP contribution in [0, 0.1) is 11.3 Å². The first-order chi connectivity index (χ1) is 9.69. The summed E-state index contributed by atoms with van der Waals surface area (Å²) in [6.45, 7) is 5.03. The first-order valence-electron chi connectivity index (χ1n) is 8.17. The number of nitrogens with one attached hydrogen (secondary N) is 1. The van der Waals surface area contributed by atoms with Crippen LogP contribution in [0.5, 0.6) is 0 Å². The van der Waals surface area contributed by atoms with Crippen LogP contribution in [0.3, 0.4) is 0 Å². The van der Waals surface area contributed by atoms with Gasteiger partial charge in [0.1, 0.15) is 5.54 Å². The minimum atomic E-state index is -0.302. The molecular weight excluding hydrogens is 250 g/mol. The molecule has 3 unspecified atom stereocenters. The minimum Gasteiger partial charge on any atom is -0.377 e. The van der Waals surface area contributed by atoms with Gasteiger partial charge < -0.3 is 9.64 Å². The molecule has 2 fully saturated rings. The average Bonchev–Trinajstić information content (AvgIpc) is 2.98. The molecule has 114 valence electrons. The van der Waals surface area contributed by atoms with Gasteiger partial charge in [-0.25, -0.2) is 0 Å². The molecule has 0 spiro atoms. The largest absolute Gasteiger partial charge is 0.377 e. The predicted molar refractivity (Wildman–Crippen MR) is 80.5 cm³/mol.